The highest BCUT2D eigenvalue weighted by atomic mass is 16.3. The van der Waals surface area contributed by atoms with Crippen LogP contribution in [0.3, 0.4) is 0 Å². The summed E-state index contributed by atoms with van der Waals surface area (Å²) < 4.78 is 0. The van der Waals surface area contributed by atoms with Gasteiger partial charge in [-0.3, -0.25) is 4.79 Å². The topological polar surface area (TPSA) is 40.5 Å². The summed E-state index contributed by atoms with van der Waals surface area (Å²) in [4.78, 5) is 14.5. The maximum atomic E-state index is 12.2. The number of carbonyl (C=O) groups excluding carboxylic acids is 1. The zero-order valence-corrected chi connectivity index (χ0v) is 14.2. The van der Waals surface area contributed by atoms with Crippen molar-refractivity contribution in [2.45, 2.75) is 18.9 Å². The largest absolute Gasteiger partial charge is 0.393 e. The Kier molecular flexibility index (Phi) is 5.81. The van der Waals surface area contributed by atoms with E-state index in [0.717, 1.165) is 37.2 Å². The lowest BCUT2D eigenvalue weighted by atomic mass is 10.1. The van der Waals surface area contributed by atoms with Gasteiger partial charge in [-0.15, -0.1) is 0 Å². The van der Waals surface area contributed by atoms with E-state index >= 15 is 0 Å². The first-order valence-corrected chi connectivity index (χ1v) is 8.69. The van der Waals surface area contributed by atoms with Gasteiger partial charge >= 0.3 is 0 Å². The quantitative estimate of drug-likeness (QED) is 0.509. The molecule has 25 heavy (non-hydrogen) atoms. The fourth-order valence-corrected chi connectivity index (χ4v) is 2.93. The number of benzene rings is 2. The molecule has 0 aliphatic carbocycles. The third-order valence-corrected chi connectivity index (χ3v) is 4.43. The van der Waals surface area contributed by atoms with Gasteiger partial charge in [0.25, 0.3) is 0 Å². The number of aliphatic hydroxyl groups is 1. The van der Waals surface area contributed by atoms with E-state index in [-0.39, 0.29) is 11.9 Å². The van der Waals surface area contributed by atoms with Gasteiger partial charge in [-0.1, -0.05) is 48.6 Å². The van der Waals surface area contributed by atoms with Gasteiger partial charge in [-0.05, 0) is 48.7 Å². The van der Waals surface area contributed by atoms with Gasteiger partial charge in [0, 0.05) is 24.3 Å². The highest BCUT2D eigenvalue weighted by molar-refractivity contribution is 6.04. The van der Waals surface area contributed by atoms with E-state index in [1.54, 1.807) is 12.2 Å². The van der Waals surface area contributed by atoms with Gasteiger partial charge in [-0.25, -0.2) is 0 Å². The second-order valence-corrected chi connectivity index (χ2v) is 6.26. The van der Waals surface area contributed by atoms with Crippen LogP contribution in [0.25, 0.3) is 6.08 Å². The van der Waals surface area contributed by atoms with Crippen molar-refractivity contribution in [1.82, 2.24) is 0 Å². The lowest BCUT2D eigenvalue weighted by Crippen LogP contribution is -2.35. The van der Waals surface area contributed by atoms with Crippen molar-refractivity contribution in [2.75, 3.05) is 18.0 Å². The maximum absolute atomic E-state index is 12.2. The average molecular weight is 333 g/mol. The zero-order valence-electron chi connectivity index (χ0n) is 14.2. The van der Waals surface area contributed by atoms with E-state index < -0.39 is 0 Å². The first-order valence-electron chi connectivity index (χ1n) is 8.69. The second-order valence-electron chi connectivity index (χ2n) is 6.26. The minimum Gasteiger partial charge on any atom is -0.393 e. The van der Waals surface area contributed by atoms with Gasteiger partial charge in [0.2, 0.25) is 0 Å². The van der Waals surface area contributed by atoms with E-state index in [1.165, 1.54) is 0 Å². The number of nitrogens with zero attached hydrogens (tertiary/aromatic N) is 1. The molecule has 2 aromatic rings. The fraction of sp³-hybridized carbons (Fsp3) is 0.227. The molecule has 0 unspecified atom stereocenters. The number of ketones is 1. The van der Waals surface area contributed by atoms with Crippen molar-refractivity contribution in [2.24, 2.45) is 0 Å². The number of rotatable bonds is 5. The lowest BCUT2D eigenvalue weighted by molar-refractivity contribution is 0.104. The Morgan fingerprint density at radius 3 is 2.32 bits per heavy atom. The van der Waals surface area contributed by atoms with E-state index in [0.29, 0.717) is 5.56 Å². The number of aliphatic hydroxyl groups excluding tert-OH is 1. The predicted octanol–water partition coefficient (Wildman–Crippen LogP) is 4.10. The van der Waals surface area contributed by atoms with Crippen molar-refractivity contribution in [3.8, 4) is 0 Å². The SMILES string of the molecule is O=C(C=CC=Cc1ccccc1)c1ccc(N2CCC(O)CC2)cc1. The number of piperidine rings is 1. The van der Waals surface area contributed by atoms with Gasteiger partial charge in [-0.2, -0.15) is 0 Å². The second kappa shape index (κ2) is 8.45. The third kappa shape index (κ3) is 4.91. The van der Waals surface area contributed by atoms with Crippen molar-refractivity contribution < 1.29 is 9.90 Å². The molecule has 2 aromatic carbocycles. The van der Waals surface area contributed by atoms with Crippen molar-refractivity contribution in [3.05, 3.63) is 84.0 Å². The Bertz CT molecular complexity index is 739. The molecular formula is C22H23NO2. The van der Waals surface area contributed by atoms with E-state index in [9.17, 15) is 9.90 Å². The van der Waals surface area contributed by atoms with Crippen molar-refractivity contribution in [3.63, 3.8) is 0 Å². The highest BCUT2D eigenvalue weighted by Gasteiger charge is 2.17. The fourth-order valence-electron chi connectivity index (χ4n) is 2.93. The molecule has 1 saturated heterocycles. The van der Waals surface area contributed by atoms with E-state index in [1.807, 2.05) is 66.7 Å². The molecule has 0 spiro atoms. The van der Waals surface area contributed by atoms with Crippen LogP contribution in [0.4, 0.5) is 5.69 Å². The lowest BCUT2D eigenvalue weighted by Gasteiger charge is -2.31. The zero-order chi connectivity index (χ0) is 17.5. The van der Waals surface area contributed by atoms with Gasteiger partial charge in [0.1, 0.15) is 0 Å². The van der Waals surface area contributed by atoms with E-state index in [2.05, 4.69) is 4.90 Å². The molecule has 1 fully saturated rings. The molecule has 0 saturated carbocycles. The maximum Gasteiger partial charge on any atom is 0.185 e. The van der Waals surface area contributed by atoms with Crippen LogP contribution in [0.5, 0.6) is 0 Å². The number of hydrogen-bond donors (Lipinski definition) is 1. The van der Waals surface area contributed by atoms with Gasteiger partial charge in [0.15, 0.2) is 5.78 Å². The van der Waals surface area contributed by atoms with Crippen molar-refractivity contribution >= 4 is 17.5 Å². The van der Waals surface area contributed by atoms with Crippen LogP contribution in [-0.2, 0) is 0 Å². The Labute approximate surface area is 148 Å². The summed E-state index contributed by atoms with van der Waals surface area (Å²) in [6.45, 7) is 1.72. The molecule has 1 aliphatic rings. The van der Waals surface area contributed by atoms with Crippen LogP contribution < -0.4 is 4.90 Å². The normalized spacial score (nSPS) is 16.0. The van der Waals surface area contributed by atoms with E-state index in [4.69, 9.17) is 0 Å². The summed E-state index contributed by atoms with van der Waals surface area (Å²) in [6, 6.07) is 17.7. The summed E-state index contributed by atoms with van der Waals surface area (Å²) in [5.41, 5.74) is 2.90. The molecule has 3 rings (SSSR count). The minimum absolute atomic E-state index is 0.00155. The van der Waals surface area contributed by atoms with Crippen LogP contribution in [0.1, 0.15) is 28.8 Å². The van der Waals surface area contributed by atoms with Crippen LogP contribution in [0, 0.1) is 0 Å². The van der Waals surface area contributed by atoms with Gasteiger partial charge < -0.3 is 10.0 Å². The first-order chi connectivity index (χ1) is 12.2. The Balaban J connectivity index is 1.57. The smallest absolute Gasteiger partial charge is 0.185 e. The molecule has 0 radical (unpaired) electrons. The Hall–Kier alpha value is -2.65. The summed E-state index contributed by atoms with van der Waals surface area (Å²) in [6.07, 6.45) is 8.64. The molecule has 128 valence electrons. The van der Waals surface area contributed by atoms with Crippen molar-refractivity contribution in [1.29, 1.82) is 0 Å². The molecule has 1 N–H and O–H groups in total. The third-order valence-electron chi connectivity index (χ3n) is 4.43. The standard InChI is InChI=1S/C22H23NO2/c24-21-14-16-23(17-15-21)20-12-10-19(11-13-20)22(25)9-5-4-8-18-6-2-1-3-7-18/h1-13,21,24H,14-17H2. The number of anilines is 1. The number of carbonyl (C=O) groups is 1. The summed E-state index contributed by atoms with van der Waals surface area (Å²) >= 11 is 0. The minimum atomic E-state index is -0.175. The molecule has 0 bridgehead atoms. The van der Waals surface area contributed by atoms with Crippen LogP contribution >= 0.6 is 0 Å². The molecule has 1 heterocycles. The first kappa shape index (κ1) is 17.2. The summed E-state index contributed by atoms with van der Waals surface area (Å²) in [7, 11) is 0. The average Bonchev–Trinajstić information content (AvgIpc) is 2.67. The van der Waals surface area contributed by atoms with Crippen LogP contribution in [0.2, 0.25) is 0 Å². The Morgan fingerprint density at radius 1 is 0.960 bits per heavy atom. The molecular weight excluding hydrogens is 310 g/mol. The molecule has 3 nitrogen and oxygen atoms in total. The molecule has 1 aliphatic heterocycles. The van der Waals surface area contributed by atoms with Gasteiger partial charge in [0.05, 0.1) is 6.10 Å². The number of allylic oxidation sites excluding steroid dienone is 3. The van der Waals surface area contributed by atoms with Crippen LogP contribution in [-0.4, -0.2) is 30.1 Å². The highest BCUT2D eigenvalue weighted by Crippen LogP contribution is 2.20. The number of hydrogen-bond acceptors (Lipinski definition) is 3. The molecule has 0 amide bonds. The summed E-state index contributed by atoms with van der Waals surface area (Å²) in [5.74, 6) is -0.00155. The molecule has 3 heteroatoms. The monoisotopic (exact) mass is 333 g/mol. The molecule has 0 atom stereocenters. The molecule has 0 aromatic heterocycles. The predicted molar refractivity (Wildman–Crippen MR) is 103 cm³/mol. The van der Waals surface area contributed by atoms with Crippen LogP contribution in [0.15, 0.2) is 72.8 Å². The summed E-state index contributed by atoms with van der Waals surface area (Å²) in [5, 5.41) is 9.58. The Morgan fingerprint density at radius 2 is 1.64 bits per heavy atom.